The predicted octanol–water partition coefficient (Wildman–Crippen LogP) is 5.13. The van der Waals surface area contributed by atoms with Gasteiger partial charge in [0.2, 0.25) is 5.91 Å². The third-order valence-corrected chi connectivity index (χ3v) is 5.09. The van der Waals surface area contributed by atoms with Crippen molar-refractivity contribution in [3.63, 3.8) is 0 Å². The van der Waals surface area contributed by atoms with E-state index in [1.165, 1.54) is 7.11 Å². The summed E-state index contributed by atoms with van der Waals surface area (Å²) in [6.45, 7) is 0. The van der Waals surface area contributed by atoms with Crippen LogP contribution < -0.4 is 10.1 Å². The Balaban J connectivity index is 1.52. The first-order valence-electron chi connectivity index (χ1n) is 8.67. The molecule has 0 aliphatic carbocycles. The molecule has 6 nitrogen and oxygen atoms in total. The number of furan rings is 1. The van der Waals surface area contributed by atoms with Crippen LogP contribution in [0.15, 0.2) is 58.2 Å². The number of para-hydroxylation sites is 1. The number of thioether (sulfide) groups is 1. The van der Waals surface area contributed by atoms with Gasteiger partial charge in [-0.3, -0.25) is 4.79 Å². The molecule has 0 saturated carbocycles. The maximum Gasteiger partial charge on any atom is 0.433 e. The number of fused-ring (bicyclic) bond motifs is 3. The third kappa shape index (κ3) is 4.04. The van der Waals surface area contributed by atoms with Gasteiger partial charge in [0.1, 0.15) is 22.6 Å². The van der Waals surface area contributed by atoms with Crippen LogP contribution in [0.3, 0.4) is 0 Å². The predicted molar refractivity (Wildman–Crippen MR) is 107 cm³/mol. The lowest BCUT2D eigenvalue weighted by Gasteiger charge is -2.10. The molecule has 4 aromatic rings. The number of hydrogen-bond donors (Lipinski definition) is 1. The van der Waals surface area contributed by atoms with Crippen LogP contribution in [-0.4, -0.2) is 28.7 Å². The smallest absolute Gasteiger partial charge is 0.433 e. The standard InChI is InChI=1S/C20H14F3N3O3S/c1-28-16-8-12-11-4-2-3-5-14(11)29-15(12)9-13(16)25-18(27)10-30-19-24-7-6-17(26-19)20(21,22)23/h2-9H,10H2,1H3,(H,25,27). The first-order chi connectivity index (χ1) is 14.3. The van der Waals surface area contributed by atoms with Crippen LogP contribution >= 0.6 is 11.8 Å². The Bertz CT molecular complexity index is 1240. The molecule has 0 aliphatic rings. The van der Waals surface area contributed by atoms with Gasteiger partial charge in [-0.05, 0) is 18.2 Å². The second-order valence-corrected chi connectivity index (χ2v) is 7.15. The summed E-state index contributed by atoms with van der Waals surface area (Å²) < 4.78 is 49.4. The van der Waals surface area contributed by atoms with E-state index in [1.807, 2.05) is 24.3 Å². The Morgan fingerprint density at radius 2 is 1.97 bits per heavy atom. The number of nitrogens with zero attached hydrogens (tertiary/aromatic N) is 2. The second kappa shape index (κ2) is 7.86. The highest BCUT2D eigenvalue weighted by molar-refractivity contribution is 7.99. The number of benzene rings is 2. The molecule has 2 heterocycles. The van der Waals surface area contributed by atoms with E-state index in [4.69, 9.17) is 9.15 Å². The van der Waals surface area contributed by atoms with Crippen molar-refractivity contribution in [2.24, 2.45) is 0 Å². The number of amides is 1. The lowest BCUT2D eigenvalue weighted by molar-refractivity contribution is -0.141. The molecule has 0 radical (unpaired) electrons. The Morgan fingerprint density at radius 1 is 1.17 bits per heavy atom. The van der Waals surface area contributed by atoms with Crippen molar-refractivity contribution >= 4 is 45.3 Å². The van der Waals surface area contributed by atoms with Gasteiger partial charge >= 0.3 is 6.18 Å². The highest BCUT2D eigenvalue weighted by Gasteiger charge is 2.32. The number of aromatic nitrogens is 2. The number of nitrogens with one attached hydrogen (secondary N) is 1. The largest absolute Gasteiger partial charge is 0.495 e. The van der Waals surface area contributed by atoms with Gasteiger partial charge in [-0.25, -0.2) is 9.97 Å². The molecule has 0 saturated heterocycles. The molecule has 2 aromatic heterocycles. The van der Waals surface area contributed by atoms with Crippen LogP contribution in [-0.2, 0) is 11.0 Å². The van der Waals surface area contributed by atoms with E-state index < -0.39 is 17.8 Å². The number of hydrogen-bond acceptors (Lipinski definition) is 6. The van der Waals surface area contributed by atoms with Gasteiger partial charge in [0.15, 0.2) is 5.16 Å². The molecule has 0 fully saturated rings. The molecule has 0 unspecified atom stereocenters. The molecule has 0 bridgehead atoms. The van der Waals surface area contributed by atoms with Crippen LogP contribution in [0, 0.1) is 0 Å². The molecule has 154 valence electrons. The summed E-state index contributed by atoms with van der Waals surface area (Å²) in [4.78, 5) is 19.5. The van der Waals surface area contributed by atoms with Crippen molar-refractivity contribution in [2.45, 2.75) is 11.3 Å². The van der Waals surface area contributed by atoms with Gasteiger partial charge in [0, 0.05) is 23.0 Å². The molecule has 2 aromatic carbocycles. The maximum absolute atomic E-state index is 12.7. The van der Waals surface area contributed by atoms with Gasteiger partial charge in [-0.1, -0.05) is 30.0 Å². The number of carbonyl (C=O) groups excluding carboxylic acids is 1. The summed E-state index contributed by atoms with van der Waals surface area (Å²) in [5.74, 6) is -0.194. The van der Waals surface area contributed by atoms with E-state index in [0.29, 0.717) is 22.6 Å². The zero-order chi connectivity index (χ0) is 21.3. The average molecular weight is 433 g/mol. The minimum atomic E-state index is -4.57. The highest BCUT2D eigenvalue weighted by atomic mass is 32.2. The Labute approximate surface area is 172 Å². The summed E-state index contributed by atoms with van der Waals surface area (Å²) in [5, 5.41) is 4.31. The van der Waals surface area contributed by atoms with Gasteiger partial charge in [-0.2, -0.15) is 13.2 Å². The summed E-state index contributed by atoms with van der Waals surface area (Å²) >= 11 is 0.800. The summed E-state index contributed by atoms with van der Waals surface area (Å²) in [5.41, 5.74) is 0.605. The fraction of sp³-hybridized carbons (Fsp3) is 0.150. The number of carbonyl (C=O) groups is 1. The number of ether oxygens (including phenoxy) is 1. The molecule has 0 atom stereocenters. The quantitative estimate of drug-likeness (QED) is 0.347. The fourth-order valence-corrected chi connectivity index (χ4v) is 3.53. The van der Waals surface area contributed by atoms with Crippen molar-refractivity contribution in [1.82, 2.24) is 9.97 Å². The van der Waals surface area contributed by atoms with Crippen molar-refractivity contribution in [2.75, 3.05) is 18.2 Å². The van der Waals surface area contributed by atoms with Gasteiger partial charge in [0.05, 0.1) is 18.6 Å². The van der Waals surface area contributed by atoms with Crippen molar-refractivity contribution in [3.05, 3.63) is 54.4 Å². The Morgan fingerprint density at radius 3 is 2.73 bits per heavy atom. The topological polar surface area (TPSA) is 77.2 Å². The van der Waals surface area contributed by atoms with Gasteiger partial charge in [0.25, 0.3) is 0 Å². The molecule has 0 aliphatic heterocycles. The SMILES string of the molecule is COc1cc2c(cc1NC(=O)CSc1nccc(C(F)(F)F)n1)oc1ccccc12. The van der Waals surface area contributed by atoms with E-state index in [2.05, 4.69) is 15.3 Å². The van der Waals surface area contributed by atoms with E-state index in [0.717, 1.165) is 34.8 Å². The van der Waals surface area contributed by atoms with Crippen molar-refractivity contribution in [3.8, 4) is 5.75 Å². The number of anilines is 1. The number of rotatable bonds is 5. The minimum Gasteiger partial charge on any atom is -0.495 e. The van der Waals surface area contributed by atoms with Gasteiger partial charge in [-0.15, -0.1) is 0 Å². The zero-order valence-corrected chi connectivity index (χ0v) is 16.3. The molecule has 10 heteroatoms. The van der Waals surface area contributed by atoms with E-state index in [-0.39, 0.29) is 10.9 Å². The summed E-state index contributed by atoms with van der Waals surface area (Å²) in [6.07, 6.45) is -3.57. The molecule has 0 spiro atoms. The average Bonchev–Trinajstić information content (AvgIpc) is 3.08. The fourth-order valence-electron chi connectivity index (χ4n) is 2.90. The summed E-state index contributed by atoms with van der Waals surface area (Å²) in [6, 6.07) is 11.7. The lowest BCUT2D eigenvalue weighted by Crippen LogP contribution is -2.15. The normalized spacial score (nSPS) is 11.7. The van der Waals surface area contributed by atoms with Crippen molar-refractivity contribution < 1.29 is 27.1 Å². The highest BCUT2D eigenvalue weighted by Crippen LogP contribution is 2.36. The summed E-state index contributed by atoms with van der Waals surface area (Å²) in [7, 11) is 1.48. The molecule has 1 N–H and O–H groups in total. The second-order valence-electron chi connectivity index (χ2n) is 6.21. The number of alkyl halides is 3. The number of halogens is 3. The number of methoxy groups -OCH3 is 1. The zero-order valence-electron chi connectivity index (χ0n) is 15.5. The van der Waals surface area contributed by atoms with Crippen LogP contribution in [0.2, 0.25) is 0 Å². The monoisotopic (exact) mass is 433 g/mol. The Kier molecular flexibility index (Phi) is 5.25. The van der Waals surface area contributed by atoms with Gasteiger partial charge < -0.3 is 14.5 Å². The third-order valence-electron chi connectivity index (χ3n) is 4.23. The first-order valence-corrected chi connectivity index (χ1v) is 9.66. The first kappa shape index (κ1) is 20.0. The van der Waals surface area contributed by atoms with Crippen molar-refractivity contribution in [1.29, 1.82) is 0 Å². The minimum absolute atomic E-state index is 0.139. The van der Waals surface area contributed by atoms with E-state index in [1.54, 1.807) is 12.1 Å². The van der Waals surface area contributed by atoms with Crippen LogP contribution in [0.4, 0.5) is 18.9 Å². The molecule has 30 heavy (non-hydrogen) atoms. The molecular formula is C20H14F3N3O3S. The molecule has 4 rings (SSSR count). The van der Waals surface area contributed by atoms with Crippen LogP contribution in [0.25, 0.3) is 21.9 Å². The molecular weight excluding hydrogens is 419 g/mol. The lowest BCUT2D eigenvalue weighted by atomic mass is 10.1. The van der Waals surface area contributed by atoms with Crippen LogP contribution in [0.5, 0.6) is 5.75 Å². The Hall–Kier alpha value is -3.27. The van der Waals surface area contributed by atoms with Crippen LogP contribution in [0.1, 0.15) is 5.69 Å². The maximum atomic E-state index is 12.7. The van der Waals surface area contributed by atoms with E-state index in [9.17, 15) is 18.0 Å². The molecule has 1 amide bonds. The van der Waals surface area contributed by atoms with E-state index >= 15 is 0 Å².